The maximum absolute atomic E-state index is 13.0. The smallest absolute Gasteiger partial charge is 0.335 e. The number of carbonyl (C=O) groups is 1. The molecule has 3 rings (SSSR count). The Labute approximate surface area is 162 Å². The van der Waals surface area contributed by atoms with Gasteiger partial charge < -0.3 is 5.11 Å². The Balaban J connectivity index is 1.51. The lowest BCUT2D eigenvalue weighted by atomic mass is 10.0. The summed E-state index contributed by atoms with van der Waals surface area (Å²) in [6.45, 7) is 2.55. The first-order chi connectivity index (χ1) is 13.0. The van der Waals surface area contributed by atoms with Crippen LogP contribution in [0.1, 0.15) is 21.5 Å². The minimum atomic E-state index is -0.906. The molecule has 27 heavy (non-hydrogen) atoms. The number of rotatable bonds is 7. The average Bonchev–Trinajstić information content (AvgIpc) is 2.67. The third kappa shape index (κ3) is 5.18. The Morgan fingerprint density at radius 3 is 2.26 bits per heavy atom. The van der Waals surface area contributed by atoms with Gasteiger partial charge in [0.25, 0.3) is 0 Å². The first-order valence-corrected chi connectivity index (χ1v) is 9.43. The van der Waals surface area contributed by atoms with Crippen LogP contribution >= 0.6 is 11.9 Å². The lowest BCUT2D eigenvalue weighted by Gasteiger charge is -2.08. The van der Waals surface area contributed by atoms with Gasteiger partial charge in [0.1, 0.15) is 5.82 Å². The highest BCUT2D eigenvalue weighted by atomic mass is 32.2. The van der Waals surface area contributed by atoms with Gasteiger partial charge in [-0.25, -0.2) is 9.18 Å². The van der Waals surface area contributed by atoms with Crippen LogP contribution in [-0.4, -0.2) is 17.6 Å². The van der Waals surface area contributed by atoms with E-state index in [1.165, 1.54) is 29.6 Å². The van der Waals surface area contributed by atoms with Crippen molar-refractivity contribution in [3.63, 3.8) is 0 Å². The molecule has 0 aliphatic rings. The van der Waals surface area contributed by atoms with Gasteiger partial charge in [-0.05, 0) is 71.8 Å². The monoisotopic (exact) mass is 381 g/mol. The Kier molecular flexibility index (Phi) is 6.27. The molecule has 0 spiro atoms. The molecule has 5 heteroatoms. The number of carboxylic acid groups (broad SMARTS) is 1. The van der Waals surface area contributed by atoms with Gasteiger partial charge >= 0.3 is 5.97 Å². The molecule has 3 aromatic carbocycles. The summed E-state index contributed by atoms with van der Waals surface area (Å²) in [5, 5.41) is 9.18. The van der Waals surface area contributed by atoms with Crippen LogP contribution in [0.2, 0.25) is 0 Å². The Bertz CT molecular complexity index is 924. The van der Waals surface area contributed by atoms with E-state index >= 15 is 0 Å². The van der Waals surface area contributed by atoms with Crippen LogP contribution < -0.4 is 4.72 Å². The highest BCUT2D eigenvalue weighted by Gasteiger charge is 2.08. The van der Waals surface area contributed by atoms with Gasteiger partial charge in [-0.3, -0.25) is 4.72 Å². The van der Waals surface area contributed by atoms with Crippen molar-refractivity contribution in [2.45, 2.75) is 18.2 Å². The van der Waals surface area contributed by atoms with E-state index in [9.17, 15) is 14.3 Å². The number of halogens is 1. The molecule has 0 aromatic heterocycles. The fourth-order valence-corrected chi connectivity index (χ4v) is 3.41. The fourth-order valence-electron chi connectivity index (χ4n) is 2.73. The van der Waals surface area contributed by atoms with E-state index in [-0.39, 0.29) is 5.82 Å². The van der Waals surface area contributed by atoms with E-state index in [0.717, 1.165) is 34.6 Å². The highest BCUT2D eigenvalue weighted by Crippen LogP contribution is 2.21. The van der Waals surface area contributed by atoms with Crippen molar-refractivity contribution in [3.05, 3.63) is 89.2 Å². The lowest BCUT2D eigenvalue weighted by molar-refractivity contribution is 0.0696. The molecule has 0 aliphatic heterocycles. The molecule has 0 saturated carbocycles. The predicted octanol–water partition coefficient (Wildman–Crippen LogP) is 5.34. The molecule has 0 atom stereocenters. The van der Waals surface area contributed by atoms with Gasteiger partial charge in [0.15, 0.2) is 0 Å². The van der Waals surface area contributed by atoms with E-state index in [1.807, 2.05) is 24.3 Å². The Morgan fingerprint density at radius 1 is 1.00 bits per heavy atom. The minimum Gasteiger partial charge on any atom is -0.478 e. The van der Waals surface area contributed by atoms with E-state index in [1.54, 1.807) is 25.1 Å². The summed E-state index contributed by atoms with van der Waals surface area (Å²) in [6, 6.07) is 20.1. The van der Waals surface area contributed by atoms with E-state index in [2.05, 4.69) is 16.9 Å². The summed E-state index contributed by atoms with van der Waals surface area (Å²) >= 11 is 1.43. The lowest BCUT2D eigenvalue weighted by Crippen LogP contribution is -2.08. The predicted molar refractivity (Wildman–Crippen MR) is 108 cm³/mol. The summed E-state index contributed by atoms with van der Waals surface area (Å²) in [7, 11) is 0. The molecular formula is C22H20FNO2S. The Hall–Kier alpha value is -2.63. The maximum atomic E-state index is 13.0. The molecule has 2 N–H and O–H groups in total. The van der Waals surface area contributed by atoms with Crippen molar-refractivity contribution in [2.24, 2.45) is 0 Å². The van der Waals surface area contributed by atoms with Crippen LogP contribution in [0.3, 0.4) is 0 Å². The number of benzene rings is 3. The van der Waals surface area contributed by atoms with E-state index in [0.29, 0.717) is 5.56 Å². The first-order valence-electron chi connectivity index (χ1n) is 8.61. The van der Waals surface area contributed by atoms with Crippen molar-refractivity contribution in [3.8, 4) is 11.1 Å². The molecule has 0 amide bonds. The zero-order valence-electron chi connectivity index (χ0n) is 14.9. The molecule has 3 aromatic rings. The van der Waals surface area contributed by atoms with Gasteiger partial charge in [0.05, 0.1) is 5.56 Å². The second-order valence-corrected chi connectivity index (χ2v) is 7.20. The van der Waals surface area contributed by atoms with Gasteiger partial charge in [-0.15, -0.1) is 0 Å². The quantitative estimate of drug-likeness (QED) is 0.428. The van der Waals surface area contributed by atoms with Crippen LogP contribution in [0.15, 0.2) is 71.6 Å². The van der Waals surface area contributed by atoms with Crippen LogP contribution in [0, 0.1) is 12.7 Å². The van der Waals surface area contributed by atoms with Gasteiger partial charge in [-0.2, -0.15) is 0 Å². The van der Waals surface area contributed by atoms with Crippen molar-refractivity contribution < 1.29 is 14.3 Å². The molecule has 0 heterocycles. The number of aryl methyl sites for hydroxylation is 1. The molecule has 0 saturated heterocycles. The van der Waals surface area contributed by atoms with Crippen molar-refractivity contribution in [2.75, 3.05) is 6.54 Å². The first kappa shape index (κ1) is 19.1. The average molecular weight is 381 g/mol. The number of hydrogen-bond donors (Lipinski definition) is 2. The van der Waals surface area contributed by atoms with Crippen LogP contribution in [0.4, 0.5) is 4.39 Å². The van der Waals surface area contributed by atoms with Gasteiger partial charge in [0, 0.05) is 11.4 Å². The largest absolute Gasteiger partial charge is 0.478 e. The number of carboxylic acids is 1. The summed E-state index contributed by atoms with van der Waals surface area (Å²) in [4.78, 5) is 12.1. The standard InChI is InChI=1S/C22H20FNO2S/c1-15-2-11-20(14-21(15)22(25)26)27-24-13-12-16-3-5-17(6-4-16)18-7-9-19(23)10-8-18/h2-11,14,24H,12-13H2,1H3,(H,25,26). The second kappa shape index (κ2) is 8.84. The summed E-state index contributed by atoms with van der Waals surface area (Å²) in [5.74, 6) is -1.14. The van der Waals surface area contributed by atoms with E-state index < -0.39 is 5.97 Å². The number of hydrogen-bond acceptors (Lipinski definition) is 3. The van der Waals surface area contributed by atoms with Crippen molar-refractivity contribution in [1.29, 1.82) is 0 Å². The summed E-state index contributed by atoms with van der Waals surface area (Å²) < 4.78 is 16.3. The fraction of sp³-hybridized carbons (Fsp3) is 0.136. The highest BCUT2D eigenvalue weighted by molar-refractivity contribution is 7.97. The minimum absolute atomic E-state index is 0.233. The topological polar surface area (TPSA) is 49.3 Å². The number of nitrogens with one attached hydrogen (secondary N) is 1. The van der Waals surface area contributed by atoms with Crippen LogP contribution in [0.25, 0.3) is 11.1 Å². The summed E-state index contributed by atoms with van der Waals surface area (Å²) in [5.41, 5.74) is 4.34. The molecule has 3 nitrogen and oxygen atoms in total. The molecule has 0 unspecified atom stereocenters. The van der Waals surface area contributed by atoms with Crippen LogP contribution in [0.5, 0.6) is 0 Å². The zero-order valence-corrected chi connectivity index (χ0v) is 15.7. The third-order valence-electron chi connectivity index (χ3n) is 4.28. The molecule has 0 bridgehead atoms. The molecule has 0 aliphatic carbocycles. The molecular weight excluding hydrogens is 361 g/mol. The van der Waals surface area contributed by atoms with Gasteiger partial charge in [0.2, 0.25) is 0 Å². The molecule has 0 fully saturated rings. The zero-order chi connectivity index (χ0) is 19.2. The molecule has 0 radical (unpaired) electrons. The Morgan fingerprint density at radius 2 is 1.63 bits per heavy atom. The van der Waals surface area contributed by atoms with Crippen molar-refractivity contribution in [1.82, 2.24) is 4.72 Å². The third-order valence-corrected chi connectivity index (χ3v) is 5.11. The molecule has 138 valence electrons. The maximum Gasteiger partial charge on any atom is 0.335 e. The van der Waals surface area contributed by atoms with Crippen molar-refractivity contribution >= 4 is 17.9 Å². The normalized spacial score (nSPS) is 10.7. The SMILES string of the molecule is Cc1ccc(SNCCc2ccc(-c3ccc(F)cc3)cc2)cc1C(=O)O. The number of aromatic carboxylic acids is 1. The van der Waals surface area contributed by atoms with Crippen LogP contribution in [-0.2, 0) is 6.42 Å². The van der Waals surface area contributed by atoms with Gasteiger partial charge in [-0.1, -0.05) is 42.5 Å². The van der Waals surface area contributed by atoms with E-state index in [4.69, 9.17) is 0 Å². The summed E-state index contributed by atoms with van der Waals surface area (Å²) in [6.07, 6.45) is 0.856. The second-order valence-electron chi connectivity index (χ2n) is 6.23.